The van der Waals surface area contributed by atoms with E-state index < -0.39 is 0 Å². The van der Waals surface area contributed by atoms with E-state index >= 15 is 0 Å². The molecule has 22 heavy (non-hydrogen) atoms. The highest BCUT2D eigenvalue weighted by Crippen LogP contribution is 2.59. The third-order valence-corrected chi connectivity index (χ3v) is 7.56. The van der Waals surface area contributed by atoms with Gasteiger partial charge < -0.3 is 0 Å². The molecular formula is C21H37B. The Bertz CT molecular complexity index is 342. The van der Waals surface area contributed by atoms with Gasteiger partial charge in [0.15, 0.2) is 0 Å². The van der Waals surface area contributed by atoms with E-state index in [-0.39, 0.29) is 5.31 Å². The first kappa shape index (κ1) is 16.9. The van der Waals surface area contributed by atoms with Crippen molar-refractivity contribution in [1.29, 1.82) is 0 Å². The largest absolute Gasteiger partial charge is 0.0750 e. The molecule has 0 aromatic heterocycles. The van der Waals surface area contributed by atoms with Crippen LogP contribution in [0.5, 0.6) is 0 Å². The highest BCUT2D eigenvalue weighted by atomic mass is 14.5. The number of hydrogen-bond acceptors (Lipinski definition) is 0. The third-order valence-electron chi connectivity index (χ3n) is 7.56. The molecule has 0 amide bonds. The normalized spacial score (nSPS) is 39.8. The van der Waals surface area contributed by atoms with Crippen LogP contribution in [0.15, 0.2) is 0 Å². The second-order valence-electron chi connectivity index (χ2n) is 9.22. The minimum absolute atomic E-state index is 0.171. The molecule has 0 saturated heterocycles. The van der Waals surface area contributed by atoms with Crippen molar-refractivity contribution in [3.8, 4) is 0 Å². The summed E-state index contributed by atoms with van der Waals surface area (Å²) in [6.07, 6.45) is 18.6. The molecule has 4 atom stereocenters. The summed E-state index contributed by atoms with van der Waals surface area (Å²) in [5.74, 6) is 4.46. The van der Waals surface area contributed by atoms with Crippen molar-refractivity contribution < 1.29 is 0 Å². The van der Waals surface area contributed by atoms with Gasteiger partial charge >= 0.3 is 0 Å². The third kappa shape index (κ3) is 3.44. The molecule has 0 heterocycles. The van der Waals surface area contributed by atoms with Crippen LogP contribution in [-0.2, 0) is 0 Å². The lowest BCUT2D eigenvalue weighted by Crippen LogP contribution is -2.40. The highest BCUT2D eigenvalue weighted by Gasteiger charge is 2.47. The van der Waals surface area contributed by atoms with E-state index in [1.807, 2.05) is 0 Å². The van der Waals surface area contributed by atoms with Gasteiger partial charge in [0.25, 0.3) is 0 Å². The van der Waals surface area contributed by atoms with E-state index in [0.29, 0.717) is 0 Å². The van der Waals surface area contributed by atoms with E-state index in [1.54, 1.807) is 0 Å². The second kappa shape index (κ2) is 7.31. The molecule has 3 fully saturated rings. The van der Waals surface area contributed by atoms with Crippen LogP contribution in [0.1, 0.15) is 97.3 Å². The van der Waals surface area contributed by atoms with Crippen molar-refractivity contribution in [1.82, 2.24) is 0 Å². The average molecular weight is 300 g/mol. The molecule has 0 bridgehead atoms. The first-order valence-corrected chi connectivity index (χ1v) is 10.4. The van der Waals surface area contributed by atoms with Gasteiger partial charge in [-0.3, -0.25) is 0 Å². The maximum Gasteiger partial charge on any atom is 0.0750 e. The zero-order valence-electron chi connectivity index (χ0n) is 15.2. The molecule has 0 aromatic rings. The predicted molar refractivity (Wildman–Crippen MR) is 97.3 cm³/mol. The standard InChI is InChI=1S/C21H37B/c1-16(2)18-13-9-11-17-10-5-3-6-12-19(17)20(18)21(22)14-7-4-8-15-21/h16-20H,3-15H2,1-2H3. The van der Waals surface area contributed by atoms with Crippen LogP contribution in [0.2, 0.25) is 5.31 Å². The van der Waals surface area contributed by atoms with Crippen molar-refractivity contribution in [2.45, 2.75) is 103 Å². The smallest absolute Gasteiger partial charge is 0.0627 e. The fourth-order valence-electron chi connectivity index (χ4n) is 6.50. The Labute approximate surface area is 140 Å². The molecule has 0 spiro atoms. The molecule has 2 radical (unpaired) electrons. The molecule has 0 aromatic carbocycles. The van der Waals surface area contributed by atoms with Crippen LogP contribution in [0, 0.1) is 29.6 Å². The second-order valence-corrected chi connectivity index (χ2v) is 9.22. The van der Waals surface area contributed by atoms with Gasteiger partial charge in [-0.1, -0.05) is 89.8 Å². The number of fused-ring (bicyclic) bond motifs is 1. The van der Waals surface area contributed by atoms with E-state index in [2.05, 4.69) is 13.8 Å². The Hall–Kier alpha value is 0.0649. The van der Waals surface area contributed by atoms with Gasteiger partial charge in [-0.15, -0.1) is 0 Å². The van der Waals surface area contributed by atoms with Crippen LogP contribution < -0.4 is 0 Å². The van der Waals surface area contributed by atoms with Crippen molar-refractivity contribution >= 4 is 7.85 Å². The van der Waals surface area contributed by atoms with Crippen molar-refractivity contribution in [2.75, 3.05) is 0 Å². The molecule has 4 unspecified atom stereocenters. The first-order valence-electron chi connectivity index (χ1n) is 10.4. The fraction of sp³-hybridized carbons (Fsp3) is 1.00. The quantitative estimate of drug-likeness (QED) is 0.507. The lowest BCUT2D eigenvalue weighted by atomic mass is 9.46. The summed E-state index contributed by atoms with van der Waals surface area (Å²) in [5, 5.41) is 0.171. The Morgan fingerprint density at radius 1 is 0.773 bits per heavy atom. The summed E-state index contributed by atoms with van der Waals surface area (Å²) in [6, 6.07) is 0. The molecule has 0 nitrogen and oxygen atoms in total. The topological polar surface area (TPSA) is 0 Å². The van der Waals surface area contributed by atoms with E-state index in [4.69, 9.17) is 7.85 Å². The van der Waals surface area contributed by atoms with Crippen molar-refractivity contribution in [2.24, 2.45) is 29.6 Å². The van der Waals surface area contributed by atoms with Gasteiger partial charge in [0.2, 0.25) is 0 Å². The van der Waals surface area contributed by atoms with E-state index in [0.717, 1.165) is 29.6 Å². The van der Waals surface area contributed by atoms with Gasteiger partial charge in [-0.2, -0.15) is 0 Å². The average Bonchev–Trinajstić information content (AvgIpc) is 2.81. The molecular weight excluding hydrogens is 263 g/mol. The summed E-state index contributed by atoms with van der Waals surface area (Å²) in [7, 11) is 7.19. The minimum Gasteiger partial charge on any atom is -0.0627 e. The lowest BCUT2D eigenvalue weighted by Gasteiger charge is -2.50. The van der Waals surface area contributed by atoms with Crippen molar-refractivity contribution in [3.05, 3.63) is 0 Å². The Kier molecular flexibility index (Phi) is 5.62. The molecule has 0 aliphatic heterocycles. The Morgan fingerprint density at radius 2 is 1.41 bits per heavy atom. The summed E-state index contributed by atoms with van der Waals surface area (Å²) < 4.78 is 0. The van der Waals surface area contributed by atoms with Gasteiger partial charge in [0.05, 0.1) is 7.85 Å². The van der Waals surface area contributed by atoms with Crippen LogP contribution in [0.3, 0.4) is 0 Å². The summed E-state index contributed by atoms with van der Waals surface area (Å²) in [6.45, 7) is 4.95. The van der Waals surface area contributed by atoms with Gasteiger partial charge in [-0.05, 0) is 42.4 Å². The molecule has 0 N–H and O–H groups in total. The minimum atomic E-state index is 0.171. The SMILES string of the molecule is [B]C1(C2C(C(C)C)CCCC3CCCCCC32)CCCCC1. The predicted octanol–water partition coefficient (Wildman–Crippen LogP) is 6.55. The molecule has 3 aliphatic rings. The lowest BCUT2D eigenvalue weighted by molar-refractivity contribution is 0.0711. The summed E-state index contributed by atoms with van der Waals surface area (Å²) >= 11 is 0. The van der Waals surface area contributed by atoms with Crippen LogP contribution in [0.4, 0.5) is 0 Å². The zero-order valence-corrected chi connectivity index (χ0v) is 15.2. The van der Waals surface area contributed by atoms with Crippen LogP contribution in [-0.4, -0.2) is 7.85 Å². The molecule has 3 aliphatic carbocycles. The number of hydrogen-bond donors (Lipinski definition) is 0. The Morgan fingerprint density at radius 3 is 2.14 bits per heavy atom. The molecule has 1 heteroatoms. The molecule has 124 valence electrons. The van der Waals surface area contributed by atoms with Gasteiger partial charge in [0, 0.05) is 0 Å². The van der Waals surface area contributed by atoms with Gasteiger partial charge in [0.1, 0.15) is 0 Å². The molecule has 3 rings (SSSR count). The van der Waals surface area contributed by atoms with Crippen LogP contribution in [0.25, 0.3) is 0 Å². The maximum absolute atomic E-state index is 7.19. The molecule has 3 saturated carbocycles. The van der Waals surface area contributed by atoms with E-state index in [1.165, 1.54) is 83.5 Å². The zero-order chi connectivity index (χ0) is 15.6. The Balaban J connectivity index is 1.92. The number of rotatable bonds is 2. The maximum atomic E-state index is 7.19. The monoisotopic (exact) mass is 300 g/mol. The summed E-state index contributed by atoms with van der Waals surface area (Å²) in [5.41, 5.74) is 0. The first-order chi connectivity index (χ1) is 10.6. The van der Waals surface area contributed by atoms with Crippen molar-refractivity contribution in [3.63, 3.8) is 0 Å². The fourth-order valence-corrected chi connectivity index (χ4v) is 6.50. The van der Waals surface area contributed by atoms with Gasteiger partial charge in [-0.25, -0.2) is 0 Å². The summed E-state index contributed by atoms with van der Waals surface area (Å²) in [4.78, 5) is 0. The van der Waals surface area contributed by atoms with E-state index in [9.17, 15) is 0 Å². The highest BCUT2D eigenvalue weighted by molar-refractivity contribution is 6.15. The van der Waals surface area contributed by atoms with Crippen LogP contribution >= 0.6 is 0 Å².